The maximum atomic E-state index is 12.5. The second kappa shape index (κ2) is 33.1. The smallest absolute Gasteiger partial charge is 0.389 e. The normalized spacial score (nSPS) is 11.0. The van der Waals surface area contributed by atoms with Gasteiger partial charge in [-0.2, -0.15) is 46.5 Å². The van der Waals surface area contributed by atoms with E-state index in [-0.39, 0.29) is 68.6 Å². The van der Waals surface area contributed by atoms with Gasteiger partial charge in [0.15, 0.2) is 5.03 Å². The predicted octanol–water partition coefficient (Wildman–Crippen LogP) is 5.57. The third-order valence-electron chi connectivity index (χ3n) is 9.80. The van der Waals surface area contributed by atoms with Gasteiger partial charge in [0.1, 0.15) is 22.9 Å². The Labute approximate surface area is 506 Å². The summed E-state index contributed by atoms with van der Waals surface area (Å²) in [6.45, 7) is 1.06. The number of nitro groups is 1. The zero-order chi connectivity index (χ0) is 66.3. The van der Waals surface area contributed by atoms with Gasteiger partial charge in [-0.1, -0.05) is 41.4 Å². The molecule has 6 rings (SSSR count). The quantitative estimate of drug-likeness (QED) is 0.0200. The Balaban J connectivity index is 0.000000322. The molecule has 0 spiro atoms. The fourth-order valence-electron chi connectivity index (χ4n) is 6.14. The van der Waals surface area contributed by atoms with Crippen LogP contribution >= 0.6 is 30.8 Å². The third kappa shape index (κ3) is 24.7. The first-order chi connectivity index (χ1) is 41.0. The number of carboxylic acids is 1. The van der Waals surface area contributed by atoms with Gasteiger partial charge < -0.3 is 43.5 Å². The largest absolute Gasteiger partial charge is 0.481 e. The summed E-state index contributed by atoms with van der Waals surface area (Å²) >= 11 is 11.8. The number of carbonyl (C=O) groups is 5. The van der Waals surface area contributed by atoms with Crippen molar-refractivity contribution in [1.29, 1.82) is 0 Å². The molecule has 0 saturated carbocycles. The van der Waals surface area contributed by atoms with Crippen molar-refractivity contribution < 1.29 is 102 Å². The van der Waals surface area contributed by atoms with Crippen molar-refractivity contribution in [3.8, 4) is 29.3 Å². The second-order valence-electron chi connectivity index (χ2n) is 16.6. The summed E-state index contributed by atoms with van der Waals surface area (Å²) < 4.78 is 126. The highest BCUT2D eigenvalue weighted by atomic mass is 35.5. The van der Waals surface area contributed by atoms with E-state index in [0.717, 1.165) is 19.2 Å². The van der Waals surface area contributed by atoms with Crippen molar-refractivity contribution in [1.82, 2.24) is 49.6 Å². The number of aromatic nitrogens is 6. The van der Waals surface area contributed by atoms with Crippen molar-refractivity contribution in [3.63, 3.8) is 0 Å². The van der Waals surface area contributed by atoms with E-state index in [4.69, 9.17) is 57.0 Å². The number of esters is 1. The highest BCUT2D eigenvalue weighted by Gasteiger charge is 2.30. The minimum Gasteiger partial charge on any atom is -0.481 e. The number of alkyl halides is 3. The molecular formula is C47H51Cl2F3N13O20PS2. The minimum absolute atomic E-state index is 0.0715. The van der Waals surface area contributed by atoms with Crippen LogP contribution in [0.5, 0.6) is 29.3 Å². The molecule has 0 aliphatic heterocycles. The molecule has 0 atom stereocenters. The van der Waals surface area contributed by atoms with Crippen LogP contribution in [0.15, 0.2) is 95.0 Å². The summed E-state index contributed by atoms with van der Waals surface area (Å²) in [6, 6.07) is 15.1. The SMILES string of the molecule is COC(=O)c1cc(Oc2ccc(Cl)cc2Cl)ccc1[N+](=O)[O-].COc1cc(OC)nc(NC(=O)NS(=O)(=O)c2ncccc2C(=O)N(C)C)n1.COc1nc(C)nc(NC(=O)NS(=O)(=O)c2ccccc2CCC(F)(F)F)n1.O=C(O)CNCP(=O)(O)O. The first-order valence-electron chi connectivity index (χ1n) is 23.7. The molecule has 3 heterocycles. The fraction of sp³-hybridized carbons (Fsp3) is 0.255. The molecule has 6 aromatic rings. The van der Waals surface area contributed by atoms with Crippen LogP contribution < -0.4 is 44.3 Å². The van der Waals surface area contributed by atoms with E-state index in [2.05, 4.69) is 50.6 Å². The highest BCUT2D eigenvalue weighted by Crippen LogP contribution is 2.34. The number of methoxy groups -OCH3 is 4. The Bertz CT molecular complexity index is 3760. The number of amides is 5. The molecule has 33 nitrogen and oxygen atoms in total. The van der Waals surface area contributed by atoms with Crippen LogP contribution in [0, 0.1) is 17.0 Å². The molecule has 0 aliphatic carbocycles. The van der Waals surface area contributed by atoms with Crippen molar-refractivity contribution in [2.75, 3.05) is 66.0 Å². The van der Waals surface area contributed by atoms with Gasteiger partial charge in [0, 0.05) is 43.9 Å². The number of ether oxygens (including phenoxy) is 5. The summed E-state index contributed by atoms with van der Waals surface area (Å²) in [5.74, 6) is -2.19. The number of sulfonamides is 2. The predicted molar refractivity (Wildman–Crippen MR) is 302 cm³/mol. The molecule has 0 radical (unpaired) electrons. The number of aryl methyl sites for hydroxylation is 2. The number of anilines is 2. The van der Waals surface area contributed by atoms with Crippen LogP contribution in [0.1, 0.15) is 38.5 Å². The number of pyridine rings is 1. The number of hydrogen-bond acceptors (Lipinski definition) is 24. The Morgan fingerprint density at radius 3 is 1.91 bits per heavy atom. The molecule has 0 saturated heterocycles. The van der Waals surface area contributed by atoms with E-state index < -0.39 is 104 Å². The third-order valence-corrected chi connectivity index (χ3v) is 13.7. The van der Waals surface area contributed by atoms with Crippen molar-refractivity contribution in [3.05, 3.63) is 128 Å². The van der Waals surface area contributed by atoms with Gasteiger partial charge in [-0.05, 0) is 61.4 Å². The molecule has 3 aromatic carbocycles. The number of hydrogen-bond donors (Lipinski definition) is 8. The van der Waals surface area contributed by atoms with Gasteiger partial charge in [-0.25, -0.2) is 37.2 Å². The summed E-state index contributed by atoms with van der Waals surface area (Å²) in [7, 11) is -4.95. The number of carboxylic acid groups (broad SMARTS) is 1. The lowest BCUT2D eigenvalue weighted by molar-refractivity contribution is -0.385. The number of benzene rings is 3. The number of carbonyl (C=O) groups excluding carboxylic acids is 4. The van der Waals surface area contributed by atoms with E-state index in [0.29, 0.717) is 10.8 Å². The first-order valence-corrected chi connectivity index (χ1v) is 29.2. The number of nitrogens with one attached hydrogen (secondary N) is 5. The summed E-state index contributed by atoms with van der Waals surface area (Å²) in [5, 5.41) is 25.4. The van der Waals surface area contributed by atoms with E-state index in [1.54, 1.807) is 21.6 Å². The van der Waals surface area contributed by atoms with E-state index in [1.165, 1.54) is 108 Å². The lowest BCUT2D eigenvalue weighted by Gasteiger charge is -2.14. The number of urea groups is 2. The van der Waals surface area contributed by atoms with Crippen molar-refractivity contribution >= 4 is 98.3 Å². The number of nitrogens with zero attached hydrogens (tertiary/aromatic N) is 8. The lowest BCUT2D eigenvalue weighted by atomic mass is 10.1. The molecule has 8 N–H and O–H groups in total. The van der Waals surface area contributed by atoms with Crippen LogP contribution in [0.25, 0.3) is 0 Å². The Hall–Kier alpha value is -9.17. The molecule has 41 heteroatoms. The molecule has 88 heavy (non-hydrogen) atoms. The molecule has 0 aliphatic rings. The summed E-state index contributed by atoms with van der Waals surface area (Å²) in [5.41, 5.74) is -0.846. The Morgan fingerprint density at radius 2 is 1.38 bits per heavy atom. The number of aliphatic carboxylic acids is 1. The van der Waals surface area contributed by atoms with Gasteiger partial charge >= 0.3 is 43.8 Å². The summed E-state index contributed by atoms with van der Waals surface area (Å²) in [4.78, 5) is 108. The number of nitro benzene ring substituents is 1. The molecule has 5 amide bonds. The Morgan fingerprint density at radius 1 is 0.773 bits per heavy atom. The zero-order valence-electron chi connectivity index (χ0n) is 46.4. The summed E-state index contributed by atoms with van der Waals surface area (Å²) in [6.07, 6.45) is -5.60. The molecule has 3 aromatic heterocycles. The lowest BCUT2D eigenvalue weighted by Crippen LogP contribution is -2.36. The van der Waals surface area contributed by atoms with E-state index >= 15 is 0 Å². The van der Waals surface area contributed by atoms with Crippen LogP contribution in [0.4, 0.5) is 40.3 Å². The molecule has 476 valence electrons. The number of halogens is 5. The second-order valence-corrected chi connectivity index (χ2v) is 22.4. The average Bonchev–Trinajstić information content (AvgIpc) is 1.06. The average molecular weight is 1340 g/mol. The monoisotopic (exact) mass is 1340 g/mol. The maximum absolute atomic E-state index is 12.5. The standard InChI is InChI=1S/C15H16F3N5O4S.C15H18N6O6S.C14H9Cl2NO5.C3H8NO5P/c1-9-19-12(22-14(20-9)27-2)21-13(24)23-28(25,26)11-6-4-3-5-10(11)7-8-15(16,17)18;1-21(2)13(22)9-6-5-7-16-12(9)28(24,25)20-15(23)19-14-17-10(26-3)8-11(18-14)27-4;1-21-14(18)10-7-9(3-4-12(10)17(19)20)22-13-5-2-8(15)6-11(13)16;5-3(6)1-4-2-10(7,8)9/h3-6H,7-8H2,1-2H3,(H2,19,20,21,22,23,24);5-8H,1-4H3,(H2,17,18,19,20,23);2-7H,1H3;4H,1-2H2,(H,5,6)(H2,7,8,9). The van der Waals surface area contributed by atoms with Gasteiger partial charge in [-0.3, -0.25) is 40.2 Å². The first kappa shape index (κ1) is 73.1. The van der Waals surface area contributed by atoms with E-state index in [9.17, 15) is 68.7 Å². The number of rotatable bonds is 20. The molecule has 0 unspecified atom stereocenters. The highest BCUT2D eigenvalue weighted by molar-refractivity contribution is 7.90. The van der Waals surface area contributed by atoms with Crippen LogP contribution in [0.2, 0.25) is 10.0 Å². The zero-order valence-corrected chi connectivity index (χ0v) is 50.5. The minimum atomic E-state index is -4.46. The maximum Gasteiger partial charge on any atom is 0.389 e. The fourth-order valence-corrected chi connectivity index (χ4v) is 9.20. The molecule has 0 fully saturated rings. The molecular weight excluding hydrogens is 1290 g/mol. The van der Waals surface area contributed by atoms with Crippen LogP contribution in [-0.4, -0.2) is 163 Å². The van der Waals surface area contributed by atoms with Crippen LogP contribution in [-0.2, 0) is 40.6 Å². The van der Waals surface area contributed by atoms with Gasteiger partial charge in [0.25, 0.3) is 31.6 Å². The van der Waals surface area contributed by atoms with Crippen molar-refractivity contribution in [2.24, 2.45) is 0 Å². The van der Waals surface area contributed by atoms with E-state index in [1.807, 2.05) is 0 Å². The van der Waals surface area contributed by atoms with Gasteiger partial charge in [0.05, 0.1) is 67.7 Å². The Kier molecular flexibility index (Phi) is 27.5. The van der Waals surface area contributed by atoms with Gasteiger partial charge in [0.2, 0.25) is 23.7 Å². The topological polar surface area (TPSA) is 461 Å². The van der Waals surface area contributed by atoms with Crippen LogP contribution in [0.3, 0.4) is 0 Å². The van der Waals surface area contributed by atoms with Crippen molar-refractivity contribution in [2.45, 2.75) is 35.9 Å². The van der Waals surface area contributed by atoms with Gasteiger partial charge in [-0.15, -0.1) is 0 Å². The molecule has 0 bridgehead atoms.